The fourth-order valence-corrected chi connectivity index (χ4v) is 2.94. The minimum atomic E-state index is -1.05. The van der Waals surface area contributed by atoms with Crippen LogP contribution in [0.4, 0.5) is 5.69 Å². The molecule has 1 aromatic rings. The highest BCUT2D eigenvalue weighted by Gasteiger charge is 2.39. The van der Waals surface area contributed by atoms with Gasteiger partial charge in [-0.1, -0.05) is 18.2 Å². The van der Waals surface area contributed by atoms with Crippen LogP contribution in [-0.4, -0.2) is 63.2 Å². The van der Waals surface area contributed by atoms with Crippen LogP contribution >= 0.6 is 0 Å². The van der Waals surface area contributed by atoms with E-state index in [1.165, 1.54) is 5.69 Å². The molecular weight excluding hydrogens is 318 g/mol. The Kier molecular flexibility index (Phi) is 6.82. The molecule has 0 spiro atoms. The third kappa shape index (κ3) is 4.95. The molecule has 0 saturated carbocycles. The fourth-order valence-electron chi connectivity index (χ4n) is 2.94. The minimum Gasteiger partial charge on any atom is -0.385 e. The lowest BCUT2D eigenvalue weighted by Gasteiger charge is -2.39. The molecule has 1 aliphatic heterocycles. The number of nitrogens with zero attached hydrogens (tertiary/aromatic N) is 2. The molecule has 1 N–H and O–H groups in total. The van der Waals surface area contributed by atoms with E-state index in [-0.39, 0.29) is 11.8 Å². The van der Waals surface area contributed by atoms with Gasteiger partial charge in [0.1, 0.15) is 5.41 Å². The summed E-state index contributed by atoms with van der Waals surface area (Å²) in [5, 5.41) is 2.84. The average molecular weight is 347 g/mol. The lowest BCUT2D eigenvalue weighted by molar-refractivity contribution is -0.148. The van der Waals surface area contributed by atoms with E-state index >= 15 is 0 Å². The van der Waals surface area contributed by atoms with E-state index in [2.05, 4.69) is 22.3 Å². The van der Waals surface area contributed by atoms with E-state index in [1.807, 2.05) is 18.2 Å². The van der Waals surface area contributed by atoms with E-state index < -0.39 is 5.41 Å². The van der Waals surface area contributed by atoms with Gasteiger partial charge in [0.2, 0.25) is 11.8 Å². The molecule has 1 heterocycles. The van der Waals surface area contributed by atoms with E-state index in [0.29, 0.717) is 26.2 Å². The van der Waals surface area contributed by atoms with Crippen molar-refractivity contribution in [1.29, 1.82) is 0 Å². The largest absolute Gasteiger partial charge is 0.385 e. The second-order valence-electron chi connectivity index (χ2n) is 6.84. The summed E-state index contributed by atoms with van der Waals surface area (Å²) >= 11 is 0. The van der Waals surface area contributed by atoms with Crippen LogP contribution in [0.25, 0.3) is 0 Å². The zero-order chi connectivity index (χ0) is 18.3. The first-order chi connectivity index (χ1) is 12.0. The predicted molar refractivity (Wildman–Crippen MR) is 98.5 cm³/mol. The van der Waals surface area contributed by atoms with Gasteiger partial charge in [0.15, 0.2) is 0 Å². The van der Waals surface area contributed by atoms with Gasteiger partial charge in [-0.05, 0) is 32.4 Å². The number of nitrogens with one attached hydrogen (secondary N) is 1. The van der Waals surface area contributed by atoms with Crippen LogP contribution in [0.2, 0.25) is 0 Å². The third-order valence-electron chi connectivity index (χ3n) is 4.60. The summed E-state index contributed by atoms with van der Waals surface area (Å²) in [6.45, 7) is 7.33. The fraction of sp³-hybridized carbons (Fsp3) is 0.579. The Morgan fingerprint density at radius 2 is 1.76 bits per heavy atom. The molecule has 0 radical (unpaired) electrons. The summed E-state index contributed by atoms with van der Waals surface area (Å²) in [6, 6.07) is 10.2. The Bertz CT molecular complexity index is 567. The molecule has 0 atom stereocenters. The summed E-state index contributed by atoms with van der Waals surface area (Å²) < 4.78 is 4.97. The molecule has 1 aromatic carbocycles. The van der Waals surface area contributed by atoms with Crippen molar-refractivity contribution >= 4 is 17.5 Å². The normalized spacial score (nSPS) is 15.2. The quantitative estimate of drug-likeness (QED) is 0.600. The maximum Gasteiger partial charge on any atom is 0.237 e. The molecule has 0 unspecified atom stereocenters. The number of anilines is 1. The lowest BCUT2D eigenvalue weighted by atomic mass is 9.90. The summed E-state index contributed by atoms with van der Waals surface area (Å²) in [4.78, 5) is 29.3. The zero-order valence-corrected chi connectivity index (χ0v) is 15.5. The first-order valence-corrected chi connectivity index (χ1v) is 8.83. The summed E-state index contributed by atoms with van der Waals surface area (Å²) in [5.41, 5.74) is 0.117. The Hall–Kier alpha value is -2.08. The molecule has 6 heteroatoms. The number of rotatable bonds is 7. The smallest absolute Gasteiger partial charge is 0.237 e. The van der Waals surface area contributed by atoms with Crippen LogP contribution in [-0.2, 0) is 14.3 Å². The molecule has 2 rings (SSSR count). The molecule has 138 valence electrons. The van der Waals surface area contributed by atoms with Crippen molar-refractivity contribution in [3.05, 3.63) is 30.3 Å². The van der Waals surface area contributed by atoms with Crippen molar-refractivity contribution in [2.24, 2.45) is 5.41 Å². The van der Waals surface area contributed by atoms with E-state index in [1.54, 1.807) is 25.9 Å². The second-order valence-corrected chi connectivity index (χ2v) is 6.84. The number of carbonyl (C=O) groups excluding carboxylic acids is 2. The number of amides is 2. The average Bonchev–Trinajstić information content (AvgIpc) is 2.65. The molecule has 25 heavy (non-hydrogen) atoms. The molecule has 6 nitrogen and oxygen atoms in total. The van der Waals surface area contributed by atoms with Crippen LogP contribution in [0, 0.1) is 5.41 Å². The van der Waals surface area contributed by atoms with Gasteiger partial charge in [-0.2, -0.15) is 0 Å². The highest BCUT2D eigenvalue weighted by molar-refractivity contribution is 6.04. The van der Waals surface area contributed by atoms with Gasteiger partial charge in [-0.25, -0.2) is 0 Å². The topological polar surface area (TPSA) is 61.9 Å². The van der Waals surface area contributed by atoms with E-state index in [9.17, 15) is 9.59 Å². The molecule has 0 bridgehead atoms. The first kappa shape index (κ1) is 19.2. The van der Waals surface area contributed by atoms with Crippen molar-refractivity contribution in [3.8, 4) is 0 Å². The Labute approximate surface area is 150 Å². The van der Waals surface area contributed by atoms with Crippen LogP contribution in [0.3, 0.4) is 0 Å². The van der Waals surface area contributed by atoms with Gasteiger partial charge in [0, 0.05) is 52.1 Å². The second kappa shape index (κ2) is 8.85. The van der Waals surface area contributed by atoms with Crippen LogP contribution in [0.15, 0.2) is 30.3 Å². The van der Waals surface area contributed by atoms with Crippen molar-refractivity contribution in [1.82, 2.24) is 10.2 Å². The molecular formula is C19H29N3O3. The molecule has 0 aliphatic carbocycles. The number of carbonyl (C=O) groups is 2. The van der Waals surface area contributed by atoms with Crippen LogP contribution in [0.5, 0.6) is 0 Å². The van der Waals surface area contributed by atoms with Gasteiger partial charge in [-0.15, -0.1) is 0 Å². The van der Waals surface area contributed by atoms with Crippen LogP contribution in [0.1, 0.15) is 20.3 Å². The third-order valence-corrected chi connectivity index (χ3v) is 4.60. The summed E-state index contributed by atoms with van der Waals surface area (Å²) in [7, 11) is 1.63. The molecule has 1 saturated heterocycles. The van der Waals surface area contributed by atoms with Crippen LogP contribution < -0.4 is 10.2 Å². The highest BCUT2D eigenvalue weighted by atomic mass is 16.5. The van der Waals surface area contributed by atoms with Gasteiger partial charge >= 0.3 is 0 Å². The number of hydrogen-bond donors (Lipinski definition) is 1. The van der Waals surface area contributed by atoms with Crippen molar-refractivity contribution in [2.45, 2.75) is 20.3 Å². The van der Waals surface area contributed by atoms with Gasteiger partial charge in [-0.3, -0.25) is 9.59 Å². The van der Waals surface area contributed by atoms with Crippen molar-refractivity contribution < 1.29 is 14.3 Å². The number of ether oxygens (including phenoxy) is 1. The van der Waals surface area contributed by atoms with Crippen molar-refractivity contribution in [2.75, 3.05) is 51.3 Å². The van der Waals surface area contributed by atoms with Crippen molar-refractivity contribution in [3.63, 3.8) is 0 Å². The Morgan fingerprint density at radius 1 is 1.12 bits per heavy atom. The minimum absolute atomic E-state index is 0.107. The molecule has 2 amide bonds. The summed E-state index contributed by atoms with van der Waals surface area (Å²) in [6.07, 6.45) is 0.738. The lowest BCUT2D eigenvalue weighted by Crippen LogP contribution is -2.55. The molecule has 0 aromatic heterocycles. The van der Waals surface area contributed by atoms with Gasteiger partial charge in [0.25, 0.3) is 0 Å². The SMILES string of the molecule is COCCCNC(=O)C(C)(C)C(=O)N1CCN(c2ccccc2)CC1. The summed E-state index contributed by atoms with van der Waals surface area (Å²) in [5.74, 6) is -0.330. The number of para-hydroxylation sites is 1. The maximum atomic E-state index is 12.8. The van der Waals surface area contributed by atoms with E-state index in [4.69, 9.17) is 4.74 Å². The monoisotopic (exact) mass is 347 g/mol. The maximum absolute atomic E-state index is 12.8. The molecule has 1 aliphatic rings. The Balaban J connectivity index is 1.86. The number of benzene rings is 1. The highest BCUT2D eigenvalue weighted by Crippen LogP contribution is 2.22. The van der Waals surface area contributed by atoms with Gasteiger partial charge in [0.05, 0.1) is 0 Å². The predicted octanol–water partition coefficient (Wildman–Crippen LogP) is 1.51. The molecule has 1 fully saturated rings. The van der Waals surface area contributed by atoms with Gasteiger partial charge < -0.3 is 19.9 Å². The Morgan fingerprint density at radius 3 is 2.36 bits per heavy atom. The number of hydrogen-bond acceptors (Lipinski definition) is 4. The van der Waals surface area contributed by atoms with E-state index in [0.717, 1.165) is 19.5 Å². The number of piperazine rings is 1. The standard InChI is InChI=1S/C19H29N3O3/c1-19(2,17(23)20-10-7-15-25-3)18(24)22-13-11-21(12-14-22)16-8-5-4-6-9-16/h4-6,8-9H,7,10-15H2,1-3H3,(H,20,23). The first-order valence-electron chi connectivity index (χ1n) is 8.83. The number of methoxy groups -OCH3 is 1. The zero-order valence-electron chi connectivity index (χ0n) is 15.5.